The molecule has 0 aliphatic rings. The predicted molar refractivity (Wildman–Crippen MR) is 69.4 cm³/mol. The van der Waals surface area contributed by atoms with Gasteiger partial charge in [0.05, 0.1) is 5.02 Å². The van der Waals surface area contributed by atoms with Crippen molar-refractivity contribution in [2.24, 2.45) is 0 Å². The van der Waals surface area contributed by atoms with E-state index in [-0.39, 0.29) is 5.75 Å². The standard InChI is InChI=1S/C13H13ClN2O/c1-9-2-3-10(7-15-9)8-16-11-4-5-13(17)12(14)6-11/h2-7,16-17H,8H2,1H3. The molecule has 0 saturated heterocycles. The molecule has 0 aliphatic carbocycles. The molecule has 1 heterocycles. The van der Waals surface area contributed by atoms with Gasteiger partial charge in [-0.15, -0.1) is 0 Å². The quantitative estimate of drug-likeness (QED) is 0.819. The van der Waals surface area contributed by atoms with Crippen LogP contribution >= 0.6 is 11.6 Å². The van der Waals surface area contributed by atoms with E-state index in [0.717, 1.165) is 16.9 Å². The molecule has 1 aromatic carbocycles. The molecule has 0 atom stereocenters. The third kappa shape index (κ3) is 3.11. The minimum absolute atomic E-state index is 0.0919. The number of pyridine rings is 1. The zero-order chi connectivity index (χ0) is 12.3. The van der Waals surface area contributed by atoms with E-state index in [9.17, 15) is 5.11 Å². The number of halogens is 1. The van der Waals surface area contributed by atoms with Crippen LogP contribution in [0.25, 0.3) is 0 Å². The van der Waals surface area contributed by atoms with Crippen molar-refractivity contribution in [3.63, 3.8) is 0 Å². The summed E-state index contributed by atoms with van der Waals surface area (Å²) in [5.74, 6) is 0.0919. The molecule has 0 fully saturated rings. The van der Waals surface area contributed by atoms with Crippen molar-refractivity contribution in [1.82, 2.24) is 4.98 Å². The lowest BCUT2D eigenvalue weighted by Crippen LogP contribution is -1.99. The maximum absolute atomic E-state index is 9.29. The van der Waals surface area contributed by atoms with Gasteiger partial charge in [0.15, 0.2) is 0 Å². The average molecular weight is 249 g/mol. The molecule has 0 radical (unpaired) electrons. The van der Waals surface area contributed by atoms with Gasteiger partial charge in [0, 0.05) is 24.1 Å². The summed E-state index contributed by atoms with van der Waals surface area (Å²) in [5, 5.41) is 12.8. The van der Waals surface area contributed by atoms with E-state index in [4.69, 9.17) is 11.6 Å². The van der Waals surface area contributed by atoms with Crippen molar-refractivity contribution >= 4 is 17.3 Å². The van der Waals surface area contributed by atoms with E-state index in [1.807, 2.05) is 25.3 Å². The van der Waals surface area contributed by atoms with Crippen LogP contribution < -0.4 is 5.32 Å². The van der Waals surface area contributed by atoms with Crippen molar-refractivity contribution < 1.29 is 5.11 Å². The normalized spacial score (nSPS) is 10.2. The Morgan fingerprint density at radius 2 is 2.12 bits per heavy atom. The summed E-state index contributed by atoms with van der Waals surface area (Å²) >= 11 is 5.81. The second kappa shape index (κ2) is 5.06. The van der Waals surface area contributed by atoms with Crippen LogP contribution in [-0.4, -0.2) is 10.1 Å². The third-order valence-electron chi connectivity index (χ3n) is 2.42. The number of hydrogen-bond acceptors (Lipinski definition) is 3. The Morgan fingerprint density at radius 3 is 2.76 bits per heavy atom. The second-order valence-electron chi connectivity index (χ2n) is 3.83. The molecule has 0 unspecified atom stereocenters. The van der Waals surface area contributed by atoms with E-state index in [1.54, 1.807) is 18.2 Å². The van der Waals surface area contributed by atoms with Gasteiger partial charge in [-0.25, -0.2) is 0 Å². The van der Waals surface area contributed by atoms with Gasteiger partial charge in [-0.05, 0) is 36.8 Å². The van der Waals surface area contributed by atoms with Gasteiger partial charge < -0.3 is 10.4 Å². The zero-order valence-corrected chi connectivity index (χ0v) is 10.2. The van der Waals surface area contributed by atoms with E-state index in [2.05, 4.69) is 10.3 Å². The average Bonchev–Trinajstić information content (AvgIpc) is 2.33. The van der Waals surface area contributed by atoms with Crippen LogP contribution in [0.15, 0.2) is 36.5 Å². The predicted octanol–water partition coefficient (Wildman–Crippen LogP) is 3.36. The van der Waals surface area contributed by atoms with Crippen LogP contribution in [0, 0.1) is 6.92 Å². The van der Waals surface area contributed by atoms with Crippen LogP contribution in [0.2, 0.25) is 5.02 Å². The van der Waals surface area contributed by atoms with Crippen LogP contribution in [0.5, 0.6) is 5.75 Å². The number of aryl methyl sites for hydroxylation is 1. The number of anilines is 1. The molecule has 4 heteroatoms. The molecule has 3 nitrogen and oxygen atoms in total. The summed E-state index contributed by atoms with van der Waals surface area (Å²) < 4.78 is 0. The monoisotopic (exact) mass is 248 g/mol. The molecule has 0 aliphatic heterocycles. The number of nitrogens with one attached hydrogen (secondary N) is 1. The Morgan fingerprint density at radius 1 is 1.29 bits per heavy atom. The minimum Gasteiger partial charge on any atom is -0.506 e. The van der Waals surface area contributed by atoms with E-state index < -0.39 is 0 Å². The maximum atomic E-state index is 9.29. The fourth-order valence-corrected chi connectivity index (χ4v) is 1.60. The van der Waals surface area contributed by atoms with E-state index in [0.29, 0.717) is 11.6 Å². The summed E-state index contributed by atoms with van der Waals surface area (Å²) in [4.78, 5) is 4.22. The number of rotatable bonds is 3. The van der Waals surface area contributed by atoms with Crippen LogP contribution in [0.4, 0.5) is 5.69 Å². The maximum Gasteiger partial charge on any atom is 0.134 e. The fraction of sp³-hybridized carbons (Fsp3) is 0.154. The summed E-state index contributed by atoms with van der Waals surface area (Å²) in [5.41, 5.74) is 2.97. The molecule has 2 N–H and O–H groups in total. The SMILES string of the molecule is Cc1ccc(CNc2ccc(O)c(Cl)c2)cn1. The van der Waals surface area contributed by atoms with Crippen LogP contribution in [0.1, 0.15) is 11.3 Å². The van der Waals surface area contributed by atoms with E-state index >= 15 is 0 Å². The Kier molecular flexibility index (Phi) is 3.49. The lowest BCUT2D eigenvalue weighted by molar-refractivity contribution is 0.475. The molecular weight excluding hydrogens is 236 g/mol. The van der Waals surface area contributed by atoms with Crippen molar-refractivity contribution in [2.75, 3.05) is 5.32 Å². The molecule has 2 aromatic rings. The molecule has 0 amide bonds. The van der Waals surface area contributed by atoms with E-state index in [1.165, 1.54) is 0 Å². The lowest BCUT2D eigenvalue weighted by atomic mass is 10.2. The van der Waals surface area contributed by atoms with Gasteiger partial charge in [-0.2, -0.15) is 0 Å². The van der Waals surface area contributed by atoms with Gasteiger partial charge in [0.1, 0.15) is 5.75 Å². The number of phenols is 1. The first-order chi connectivity index (χ1) is 8.15. The van der Waals surface area contributed by atoms with Crippen molar-refractivity contribution in [2.45, 2.75) is 13.5 Å². The van der Waals surface area contributed by atoms with Crippen LogP contribution in [0.3, 0.4) is 0 Å². The molecule has 1 aromatic heterocycles. The highest BCUT2D eigenvalue weighted by molar-refractivity contribution is 6.32. The highest BCUT2D eigenvalue weighted by Gasteiger charge is 2.00. The topological polar surface area (TPSA) is 45.1 Å². The number of benzene rings is 1. The number of phenolic OH excluding ortho intramolecular Hbond substituents is 1. The van der Waals surface area contributed by atoms with Crippen molar-refractivity contribution in [1.29, 1.82) is 0 Å². The van der Waals surface area contributed by atoms with Gasteiger partial charge in [-0.3, -0.25) is 4.98 Å². The van der Waals surface area contributed by atoms with Gasteiger partial charge >= 0.3 is 0 Å². The lowest BCUT2D eigenvalue weighted by Gasteiger charge is -2.07. The van der Waals surface area contributed by atoms with Gasteiger partial charge in [0.25, 0.3) is 0 Å². The number of hydrogen-bond donors (Lipinski definition) is 2. The molecule has 0 bridgehead atoms. The third-order valence-corrected chi connectivity index (χ3v) is 2.72. The molecule has 88 valence electrons. The Hall–Kier alpha value is -1.74. The van der Waals surface area contributed by atoms with Crippen LogP contribution in [-0.2, 0) is 6.54 Å². The first-order valence-electron chi connectivity index (χ1n) is 5.29. The van der Waals surface area contributed by atoms with Gasteiger partial charge in [0.2, 0.25) is 0 Å². The zero-order valence-electron chi connectivity index (χ0n) is 9.44. The minimum atomic E-state index is 0.0919. The molecule has 2 rings (SSSR count). The fourth-order valence-electron chi connectivity index (χ4n) is 1.42. The highest BCUT2D eigenvalue weighted by atomic mass is 35.5. The molecule has 0 saturated carbocycles. The second-order valence-corrected chi connectivity index (χ2v) is 4.23. The molecule has 17 heavy (non-hydrogen) atoms. The number of aromatic nitrogens is 1. The first kappa shape index (κ1) is 11.7. The summed E-state index contributed by atoms with van der Waals surface area (Å²) in [6.45, 7) is 2.63. The van der Waals surface area contributed by atoms with Crippen molar-refractivity contribution in [3.05, 3.63) is 52.8 Å². The Balaban J connectivity index is 2.02. The Bertz CT molecular complexity index is 511. The smallest absolute Gasteiger partial charge is 0.134 e. The number of aromatic hydroxyl groups is 1. The number of nitrogens with zero attached hydrogens (tertiary/aromatic N) is 1. The van der Waals surface area contributed by atoms with Gasteiger partial charge in [-0.1, -0.05) is 17.7 Å². The summed E-state index contributed by atoms with van der Waals surface area (Å²) in [6, 6.07) is 9.04. The highest BCUT2D eigenvalue weighted by Crippen LogP contribution is 2.26. The summed E-state index contributed by atoms with van der Waals surface area (Å²) in [6.07, 6.45) is 1.84. The molecule has 0 spiro atoms. The summed E-state index contributed by atoms with van der Waals surface area (Å²) in [7, 11) is 0. The first-order valence-corrected chi connectivity index (χ1v) is 5.67. The van der Waals surface area contributed by atoms with Crippen molar-refractivity contribution in [3.8, 4) is 5.75 Å². The molecular formula is C13H13ClN2O. The largest absolute Gasteiger partial charge is 0.506 e. The Labute approximate surface area is 105 Å².